The second-order valence-corrected chi connectivity index (χ2v) is 2.28. The molecule has 0 saturated heterocycles. The highest BCUT2D eigenvalue weighted by molar-refractivity contribution is 6.41. The summed E-state index contributed by atoms with van der Waals surface area (Å²) < 4.78 is 0. The van der Waals surface area contributed by atoms with Gasteiger partial charge in [0.15, 0.2) is 5.71 Å². The first-order chi connectivity index (χ1) is 6.25. The first kappa shape index (κ1) is 9.41. The zero-order valence-electron chi connectivity index (χ0n) is 7.11. The molecule has 0 heterocycles. The van der Waals surface area contributed by atoms with Gasteiger partial charge < -0.3 is 0 Å². The van der Waals surface area contributed by atoms with Crippen LogP contribution in [0.5, 0.6) is 0 Å². The van der Waals surface area contributed by atoms with E-state index < -0.39 is 5.97 Å². The van der Waals surface area contributed by atoms with Crippen LogP contribution in [0.2, 0.25) is 0 Å². The Morgan fingerprint density at radius 2 is 1.92 bits per heavy atom. The molecule has 0 aromatic heterocycles. The maximum Gasteiger partial charge on any atom is 0.391 e. The second kappa shape index (κ2) is 4.37. The van der Waals surface area contributed by atoms with Crippen molar-refractivity contribution >= 4 is 11.7 Å². The molecule has 0 spiro atoms. The lowest BCUT2D eigenvalue weighted by atomic mass is 10.1. The first-order valence-corrected chi connectivity index (χ1v) is 3.64. The summed E-state index contributed by atoms with van der Waals surface area (Å²) in [6, 6.07) is 8.59. The Morgan fingerprint density at radius 3 is 2.46 bits per heavy atom. The van der Waals surface area contributed by atoms with E-state index in [1.165, 1.54) is 7.11 Å². The molecule has 0 radical (unpaired) electrons. The van der Waals surface area contributed by atoms with E-state index in [9.17, 15) is 4.79 Å². The van der Waals surface area contributed by atoms with E-state index in [1.807, 2.05) is 0 Å². The van der Waals surface area contributed by atoms with Crippen LogP contribution in [0, 0.1) is 5.41 Å². The predicted molar refractivity (Wildman–Crippen MR) is 46.4 cm³/mol. The van der Waals surface area contributed by atoms with Crippen LogP contribution in [-0.2, 0) is 14.6 Å². The molecule has 0 amide bonds. The SMILES string of the molecule is COOC(=O)C(=N)c1ccccc1. The molecule has 4 heteroatoms. The van der Waals surface area contributed by atoms with Crippen LogP contribution >= 0.6 is 0 Å². The molecule has 0 aliphatic heterocycles. The van der Waals surface area contributed by atoms with Gasteiger partial charge in [-0.15, -0.1) is 0 Å². The molecule has 0 bridgehead atoms. The van der Waals surface area contributed by atoms with Gasteiger partial charge in [-0.3, -0.25) is 10.3 Å². The van der Waals surface area contributed by atoms with Gasteiger partial charge >= 0.3 is 5.97 Å². The average Bonchev–Trinajstić information content (AvgIpc) is 2.18. The van der Waals surface area contributed by atoms with Gasteiger partial charge in [-0.2, -0.15) is 4.89 Å². The molecule has 4 nitrogen and oxygen atoms in total. The van der Waals surface area contributed by atoms with Crippen LogP contribution in [-0.4, -0.2) is 18.8 Å². The Morgan fingerprint density at radius 1 is 1.31 bits per heavy atom. The number of carbonyl (C=O) groups is 1. The third-order valence-electron chi connectivity index (χ3n) is 1.43. The molecule has 0 saturated carbocycles. The molecule has 0 aliphatic carbocycles. The highest BCUT2D eigenvalue weighted by atomic mass is 17.2. The van der Waals surface area contributed by atoms with Crippen LogP contribution in [0.25, 0.3) is 0 Å². The lowest BCUT2D eigenvalue weighted by Crippen LogP contribution is -2.16. The van der Waals surface area contributed by atoms with Crippen LogP contribution < -0.4 is 0 Å². The molecular formula is C9H9NO3. The van der Waals surface area contributed by atoms with Crippen molar-refractivity contribution in [1.29, 1.82) is 5.41 Å². The quantitative estimate of drug-likeness (QED) is 0.430. The van der Waals surface area contributed by atoms with Gasteiger partial charge in [0.1, 0.15) is 0 Å². The Hall–Kier alpha value is -1.68. The van der Waals surface area contributed by atoms with E-state index in [2.05, 4.69) is 9.78 Å². The largest absolute Gasteiger partial charge is 0.391 e. The minimum atomic E-state index is -0.797. The molecule has 1 rings (SSSR count). The fourth-order valence-corrected chi connectivity index (χ4v) is 0.840. The van der Waals surface area contributed by atoms with E-state index in [-0.39, 0.29) is 5.71 Å². The van der Waals surface area contributed by atoms with Gasteiger partial charge in [-0.25, -0.2) is 4.79 Å². The van der Waals surface area contributed by atoms with E-state index in [1.54, 1.807) is 30.3 Å². The van der Waals surface area contributed by atoms with Crippen molar-refractivity contribution in [3.63, 3.8) is 0 Å². The van der Waals surface area contributed by atoms with Crippen LogP contribution in [0.1, 0.15) is 5.56 Å². The molecule has 0 fully saturated rings. The van der Waals surface area contributed by atoms with Gasteiger partial charge in [0.25, 0.3) is 0 Å². The highest BCUT2D eigenvalue weighted by Gasteiger charge is 2.13. The maximum absolute atomic E-state index is 11.0. The molecule has 68 valence electrons. The summed E-state index contributed by atoms with van der Waals surface area (Å²) >= 11 is 0. The average molecular weight is 179 g/mol. The maximum atomic E-state index is 11.0. The van der Waals surface area contributed by atoms with Crippen LogP contribution in [0.4, 0.5) is 0 Å². The molecular weight excluding hydrogens is 170 g/mol. The fraction of sp³-hybridized carbons (Fsp3) is 0.111. The van der Waals surface area contributed by atoms with Gasteiger partial charge in [0, 0.05) is 5.56 Å². The van der Waals surface area contributed by atoms with Crippen molar-refractivity contribution in [3.8, 4) is 0 Å². The van der Waals surface area contributed by atoms with Gasteiger partial charge in [-0.1, -0.05) is 30.3 Å². The fourth-order valence-electron chi connectivity index (χ4n) is 0.840. The van der Waals surface area contributed by atoms with Crippen molar-refractivity contribution in [2.75, 3.05) is 7.11 Å². The molecule has 0 aliphatic rings. The molecule has 1 N–H and O–H groups in total. The topological polar surface area (TPSA) is 59.4 Å². The van der Waals surface area contributed by atoms with Gasteiger partial charge in [-0.05, 0) is 0 Å². The summed E-state index contributed by atoms with van der Waals surface area (Å²) in [5.41, 5.74) is 0.284. The summed E-state index contributed by atoms with van der Waals surface area (Å²) in [6.07, 6.45) is 0. The predicted octanol–water partition coefficient (Wildman–Crippen LogP) is 1.16. The molecule has 1 aromatic carbocycles. The number of nitrogens with one attached hydrogen (secondary N) is 1. The molecule has 1 aromatic rings. The molecule has 0 atom stereocenters. The van der Waals surface area contributed by atoms with E-state index in [0.29, 0.717) is 5.56 Å². The number of hydrogen-bond acceptors (Lipinski definition) is 4. The van der Waals surface area contributed by atoms with Crippen LogP contribution in [0.3, 0.4) is 0 Å². The summed E-state index contributed by atoms with van der Waals surface area (Å²) in [5.74, 6) is -0.797. The van der Waals surface area contributed by atoms with Gasteiger partial charge in [0.2, 0.25) is 0 Å². The van der Waals surface area contributed by atoms with Crippen molar-refractivity contribution in [3.05, 3.63) is 35.9 Å². The van der Waals surface area contributed by atoms with E-state index in [0.717, 1.165) is 0 Å². The van der Waals surface area contributed by atoms with Crippen molar-refractivity contribution in [2.24, 2.45) is 0 Å². The molecule has 0 unspecified atom stereocenters. The van der Waals surface area contributed by atoms with Crippen molar-refractivity contribution in [2.45, 2.75) is 0 Å². The summed E-state index contributed by atoms with van der Waals surface area (Å²) in [4.78, 5) is 19.3. The van der Waals surface area contributed by atoms with Crippen LogP contribution in [0.15, 0.2) is 30.3 Å². The minimum Gasteiger partial charge on any atom is -0.293 e. The Kier molecular flexibility index (Phi) is 3.16. The van der Waals surface area contributed by atoms with Crippen molar-refractivity contribution in [1.82, 2.24) is 0 Å². The summed E-state index contributed by atoms with van der Waals surface area (Å²) in [6.45, 7) is 0. The monoisotopic (exact) mass is 179 g/mol. The number of hydrogen-bond donors (Lipinski definition) is 1. The Balaban J connectivity index is 2.74. The molecule has 13 heavy (non-hydrogen) atoms. The minimum absolute atomic E-state index is 0.220. The van der Waals surface area contributed by atoms with E-state index in [4.69, 9.17) is 5.41 Å². The third-order valence-corrected chi connectivity index (χ3v) is 1.43. The number of rotatable bonds is 3. The van der Waals surface area contributed by atoms with E-state index >= 15 is 0 Å². The lowest BCUT2D eigenvalue weighted by Gasteiger charge is -2.00. The first-order valence-electron chi connectivity index (χ1n) is 3.64. The number of benzene rings is 1. The van der Waals surface area contributed by atoms with Crippen molar-refractivity contribution < 1.29 is 14.6 Å². The Labute approximate surface area is 75.5 Å². The number of carbonyl (C=O) groups excluding carboxylic acids is 1. The standard InChI is InChI=1S/C9H9NO3/c1-12-13-9(11)8(10)7-5-3-2-4-6-7/h2-6,10H,1H3. The third kappa shape index (κ3) is 2.38. The summed E-state index contributed by atoms with van der Waals surface area (Å²) in [7, 11) is 1.22. The summed E-state index contributed by atoms with van der Waals surface area (Å²) in [5, 5.41) is 7.38. The Bertz CT molecular complexity index is 308. The zero-order valence-corrected chi connectivity index (χ0v) is 7.11. The highest BCUT2D eigenvalue weighted by Crippen LogP contribution is 2.00. The second-order valence-electron chi connectivity index (χ2n) is 2.28. The normalized spacial score (nSPS) is 9.31. The lowest BCUT2D eigenvalue weighted by molar-refractivity contribution is -0.247. The smallest absolute Gasteiger partial charge is 0.293 e. The zero-order chi connectivity index (χ0) is 9.68. The van der Waals surface area contributed by atoms with Gasteiger partial charge in [0.05, 0.1) is 7.11 Å².